The normalized spacial score (nSPS) is 11.6. The highest BCUT2D eigenvalue weighted by Gasteiger charge is 2.22. The van der Waals surface area contributed by atoms with E-state index in [-0.39, 0.29) is 12.1 Å². The van der Waals surface area contributed by atoms with Crippen LogP contribution in [0.3, 0.4) is 0 Å². The molecule has 0 atom stereocenters. The number of hydrogen-bond acceptors (Lipinski definition) is 3. The lowest BCUT2D eigenvalue weighted by molar-refractivity contribution is 0.0975. The average Bonchev–Trinajstić information content (AvgIpc) is 2.29. The Morgan fingerprint density at radius 2 is 2.00 bits per heavy atom. The summed E-state index contributed by atoms with van der Waals surface area (Å²) in [4.78, 5) is 11.6. The second-order valence-electron chi connectivity index (χ2n) is 3.74. The summed E-state index contributed by atoms with van der Waals surface area (Å²) in [6.07, 6.45) is 0.616. The van der Waals surface area contributed by atoms with Crippen LogP contribution in [0.5, 0.6) is 0 Å². The van der Waals surface area contributed by atoms with Crippen molar-refractivity contribution in [2.24, 2.45) is 0 Å². The highest BCUT2D eigenvalue weighted by atomic mass is 32.2. The minimum Gasteiger partial charge on any atom is -0.268 e. The molecule has 0 saturated heterocycles. The number of nitrogens with one attached hydrogen (secondary N) is 1. The van der Waals surface area contributed by atoms with Gasteiger partial charge in [-0.3, -0.25) is 4.79 Å². The maximum atomic E-state index is 13.3. The summed E-state index contributed by atoms with van der Waals surface area (Å²) < 4.78 is 39.5. The molecule has 1 rings (SSSR count). The van der Waals surface area contributed by atoms with E-state index in [9.17, 15) is 17.6 Å². The first-order chi connectivity index (χ1) is 8.38. The molecule has 1 N–H and O–H groups in total. The van der Waals surface area contributed by atoms with Gasteiger partial charge in [0.2, 0.25) is 0 Å². The fourth-order valence-corrected chi connectivity index (χ4v) is 2.25. The highest BCUT2D eigenvalue weighted by Crippen LogP contribution is 2.07. The number of nitrogens with zero attached hydrogens (tertiary/aromatic N) is 1. The van der Waals surface area contributed by atoms with E-state index in [0.717, 1.165) is 10.4 Å². The quantitative estimate of drug-likeness (QED) is 0.875. The fourth-order valence-electron chi connectivity index (χ4n) is 1.33. The van der Waals surface area contributed by atoms with Crippen molar-refractivity contribution >= 4 is 16.1 Å². The first-order valence-electron chi connectivity index (χ1n) is 5.41. The zero-order chi connectivity index (χ0) is 13.8. The van der Waals surface area contributed by atoms with Crippen molar-refractivity contribution in [1.82, 2.24) is 9.03 Å². The maximum absolute atomic E-state index is 13.3. The standard InChI is InChI=1S/C11H15FN2O3S/c1-3-8-14(2)18(16,17)13-11(15)9-6-4-5-7-10(9)12/h4-7H,3,8H2,1-2H3,(H,13,15). The third-order valence-electron chi connectivity index (χ3n) is 2.29. The Morgan fingerprint density at radius 1 is 1.39 bits per heavy atom. The highest BCUT2D eigenvalue weighted by molar-refractivity contribution is 7.87. The summed E-state index contributed by atoms with van der Waals surface area (Å²) in [5, 5.41) is 0. The molecular formula is C11H15FN2O3S. The predicted octanol–water partition coefficient (Wildman–Crippen LogP) is 1.14. The molecule has 0 aromatic heterocycles. The number of carbonyl (C=O) groups is 1. The van der Waals surface area contributed by atoms with E-state index in [1.807, 2.05) is 11.6 Å². The van der Waals surface area contributed by atoms with Crippen LogP contribution in [0.4, 0.5) is 4.39 Å². The fraction of sp³-hybridized carbons (Fsp3) is 0.364. The molecule has 7 heteroatoms. The summed E-state index contributed by atoms with van der Waals surface area (Å²) in [5.74, 6) is -1.74. The topological polar surface area (TPSA) is 66.5 Å². The molecule has 0 saturated carbocycles. The molecule has 18 heavy (non-hydrogen) atoms. The molecule has 1 aromatic rings. The molecule has 0 aliphatic rings. The van der Waals surface area contributed by atoms with Crippen molar-refractivity contribution in [3.05, 3.63) is 35.6 Å². The van der Waals surface area contributed by atoms with Crippen molar-refractivity contribution in [1.29, 1.82) is 0 Å². The van der Waals surface area contributed by atoms with E-state index in [1.54, 1.807) is 0 Å². The van der Waals surface area contributed by atoms with Gasteiger partial charge in [-0.2, -0.15) is 12.7 Å². The van der Waals surface area contributed by atoms with Gasteiger partial charge in [0.25, 0.3) is 5.91 Å². The third-order valence-corrected chi connectivity index (χ3v) is 3.74. The van der Waals surface area contributed by atoms with Crippen LogP contribution in [0, 0.1) is 5.82 Å². The molecule has 1 amide bonds. The van der Waals surface area contributed by atoms with Crippen LogP contribution in [0.1, 0.15) is 23.7 Å². The van der Waals surface area contributed by atoms with Crippen LogP contribution < -0.4 is 4.72 Å². The van der Waals surface area contributed by atoms with E-state index >= 15 is 0 Å². The lowest BCUT2D eigenvalue weighted by Crippen LogP contribution is -2.42. The Balaban J connectivity index is 2.86. The molecule has 0 bridgehead atoms. The lowest BCUT2D eigenvalue weighted by atomic mass is 10.2. The van der Waals surface area contributed by atoms with Crippen molar-refractivity contribution in [2.45, 2.75) is 13.3 Å². The smallest absolute Gasteiger partial charge is 0.268 e. The van der Waals surface area contributed by atoms with Gasteiger partial charge >= 0.3 is 10.2 Å². The Bertz CT molecular complexity index is 531. The van der Waals surface area contributed by atoms with Crippen LogP contribution in [0.15, 0.2) is 24.3 Å². The van der Waals surface area contributed by atoms with Crippen molar-refractivity contribution in [3.8, 4) is 0 Å². The zero-order valence-corrected chi connectivity index (χ0v) is 11.0. The minimum atomic E-state index is -3.92. The molecule has 0 radical (unpaired) electrons. The van der Waals surface area contributed by atoms with Gasteiger partial charge in [0.05, 0.1) is 5.56 Å². The van der Waals surface area contributed by atoms with Crippen LogP contribution in [-0.4, -0.2) is 32.2 Å². The Hall–Kier alpha value is -1.47. The summed E-state index contributed by atoms with van der Waals surface area (Å²) in [6.45, 7) is 2.09. The van der Waals surface area contributed by atoms with Crippen LogP contribution in [0.2, 0.25) is 0 Å². The number of rotatable bonds is 5. The van der Waals surface area contributed by atoms with Crippen LogP contribution >= 0.6 is 0 Å². The van der Waals surface area contributed by atoms with Crippen LogP contribution in [0.25, 0.3) is 0 Å². The summed E-state index contributed by atoms with van der Waals surface area (Å²) in [6, 6.07) is 5.20. The molecule has 0 spiro atoms. The summed E-state index contributed by atoms with van der Waals surface area (Å²) in [7, 11) is -2.57. The second-order valence-corrected chi connectivity index (χ2v) is 5.52. The maximum Gasteiger partial charge on any atom is 0.303 e. The van der Waals surface area contributed by atoms with E-state index in [2.05, 4.69) is 0 Å². The van der Waals surface area contributed by atoms with Gasteiger partial charge < -0.3 is 0 Å². The number of halogens is 1. The van der Waals surface area contributed by atoms with E-state index < -0.39 is 21.9 Å². The first-order valence-corrected chi connectivity index (χ1v) is 6.85. The number of amides is 1. The van der Waals surface area contributed by atoms with Gasteiger partial charge in [0.15, 0.2) is 0 Å². The third kappa shape index (κ3) is 3.51. The van der Waals surface area contributed by atoms with E-state index in [0.29, 0.717) is 6.42 Å². The molecule has 5 nitrogen and oxygen atoms in total. The molecule has 0 fully saturated rings. The van der Waals surface area contributed by atoms with Crippen molar-refractivity contribution in [3.63, 3.8) is 0 Å². The number of hydrogen-bond donors (Lipinski definition) is 1. The lowest BCUT2D eigenvalue weighted by Gasteiger charge is -2.16. The predicted molar refractivity (Wildman–Crippen MR) is 65.7 cm³/mol. The van der Waals surface area contributed by atoms with Crippen LogP contribution in [-0.2, 0) is 10.2 Å². The van der Waals surface area contributed by atoms with Crippen molar-refractivity contribution in [2.75, 3.05) is 13.6 Å². The molecule has 1 aromatic carbocycles. The minimum absolute atomic E-state index is 0.278. The molecule has 0 heterocycles. The van der Waals surface area contributed by atoms with Gasteiger partial charge in [0, 0.05) is 13.6 Å². The summed E-state index contributed by atoms with van der Waals surface area (Å²) >= 11 is 0. The molecule has 0 aliphatic heterocycles. The van der Waals surface area contributed by atoms with E-state index in [4.69, 9.17) is 0 Å². The van der Waals surface area contributed by atoms with Gasteiger partial charge in [-0.05, 0) is 18.6 Å². The van der Waals surface area contributed by atoms with Gasteiger partial charge in [0.1, 0.15) is 5.82 Å². The Labute approximate surface area is 106 Å². The van der Waals surface area contributed by atoms with Gasteiger partial charge in [-0.1, -0.05) is 19.1 Å². The molecule has 0 unspecified atom stereocenters. The van der Waals surface area contributed by atoms with E-state index in [1.165, 1.54) is 25.2 Å². The SMILES string of the molecule is CCCN(C)S(=O)(=O)NC(=O)c1ccccc1F. The molecule has 0 aliphatic carbocycles. The van der Waals surface area contributed by atoms with Gasteiger partial charge in [-0.15, -0.1) is 0 Å². The zero-order valence-electron chi connectivity index (χ0n) is 10.2. The Morgan fingerprint density at radius 3 is 2.56 bits per heavy atom. The Kier molecular flexibility index (Phi) is 4.80. The monoisotopic (exact) mass is 274 g/mol. The molecule has 100 valence electrons. The number of carbonyl (C=O) groups excluding carboxylic acids is 1. The largest absolute Gasteiger partial charge is 0.303 e. The first kappa shape index (κ1) is 14.6. The van der Waals surface area contributed by atoms with Gasteiger partial charge in [-0.25, -0.2) is 9.11 Å². The molecular weight excluding hydrogens is 259 g/mol. The number of benzene rings is 1. The second kappa shape index (κ2) is 5.92. The summed E-state index contributed by atoms with van der Waals surface area (Å²) in [5.41, 5.74) is -0.300. The van der Waals surface area contributed by atoms with Crippen molar-refractivity contribution < 1.29 is 17.6 Å². The average molecular weight is 274 g/mol.